The Morgan fingerprint density at radius 1 is 1.20 bits per heavy atom. The van der Waals surface area contributed by atoms with Crippen LogP contribution in [0.5, 0.6) is 0 Å². The van der Waals surface area contributed by atoms with Gasteiger partial charge in [-0.1, -0.05) is 54.6 Å². The average Bonchev–Trinajstić information content (AvgIpc) is 2.68. The fourth-order valence-electron chi connectivity index (χ4n) is 3.12. The minimum Gasteiger partial charge on any atom is -0.460 e. The summed E-state index contributed by atoms with van der Waals surface area (Å²) in [4.78, 5) is 24.7. The molecule has 25 heavy (non-hydrogen) atoms. The van der Waals surface area contributed by atoms with Crippen LogP contribution in [0.1, 0.15) is 18.4 Å². The SMILES string of the molecule is O=CC1(C(=O)OCc2ccccc2)C=CC=CC1OC1CCNCC1. The summed E-state index contributed by atoms with van der Waals surface area (Å²) in [6.45, 7) is 1.89. The van der Waals surface area contributed by atoms with Crippen molar-refractivity contribution in [3.8, 4) is 0 Å². The van der Waals surface area contributed by atoms with Crippen LogP contribution in [-0.2, 0) is 25.7 Å². The molecule has 2 unspecified atom stereocenters. The van der Waals surface area contributed by atoms with Crippen LogP contribution in [0.4, 0.5) is 0 Å². The Kier molecular flexibility index (Phi) is 5.79. The molecular formula is C20H23NO4. The first-order chi connectivity index (χ1) is 12.2. The summed E-state index contributed by atoms with van der Waals surface area (Å²) < 4.78 is 11.5. The zero-order chi connectivity index (χ0) is 17.5. The van der Waals surface area contributed by atoms with E-state index in [4.69, 9.17) is 9.47 Å². The lowest BCUT2D eigenvalue weighted by molar-refractivity contribution is -0.164. The molecule has 5 heteroatoms. The molecule has 0 spiro atoms. The van der Waals surface area contributed by atoms with Gasteiger partial charge in [-0.15, -0.1) is 0 Å². The summed E-state index contributed by atoms with van der Waals surface area (Å²) in [6.07, 6.45) is 8.61. The molecule has 1 aromatic rings. The summed E-state index contributed by atoms with van der Waals surface area (Å²) in [5.74, 6) is -0.578. The highest BCUT2D eigenvalue weighted by Crippen LogP contribution is 2.32. The molecule has 0 radical (unpaired) electrons. The Labute approximate surface area is 147 Å². The van der Waals surface area contributed by atoms with Crippen LogP contribution in [0.15, 0.2) is 54.6 Å². The quantitative estimate of drug-likeness (QED) is 0.488. The Hall–Kier alpha value is -2.24. The van der Waals surface area contributed by atoms with Gasteiger partial charge in [0.1, 0.15) is 19.0 Å². The van der Waals surface area contributed by atoms with Crippen LogP contribution in [0.25, 0.3) is 0 Å². The molecule has 2 atom stereocenters. The maximum atomic E-state index is 12.7. The normalized spacial score (nSPS) is 26.3. The zero-order valence-electron chi connectivity index (χ0n) is 14.1. The van der Waals surface area contributed by atoms with Gasteiger partial charge in [-0.05, 0) is 31.5 Å². The number of hydrogen-bond acceptors (Lipinski definition) is 5. The summed E-state index contributed by atoms with van der Waals surface area (Å²) in [6, 6.07) is 9.41. The van der Waals surface area contributed by atoms with Crippen LogP contribution in [-0.4, -0.2) is 37.6 Å². The summed E-state index contributed by atoms with van der Waals surface area (Å²) in [7, 11) is 0. The third-order valence-electron chi connectivity index (χ3n) is 4.63. The van der Waals surface area contributed by atoms with Gasteiger partial charge in [-0.25, -0.2) is 0 Å². The van der Waals surface area contributed by atoms with Crippen molar-refractivity contribution in [2.45, 2.75) is 31.7 Å². The molecule has 2 aliphatic rings. The van der Waals surface area contributed by atoms with E-state index in [1.165, 1.54) is 0 Å². The van der Waals surface area contributed by atoms with Crippen LogP contribution in [0.3, 0.4) is 0 Å². The fourth-order valence-corrected chi connectivity index (χ4v) is 3.12. The molecule has 1 heterocycles. The highest BCUT2D eigenvalue weighted by atomic mass is 16.5. The van der Waals surface area contributed by atoms with Crippen molar-refractivity contribution in [3.05, 3.63) is 60.2 Å². The number of aldehydes is 1. The van der Waals surface area contributed by atoms with Gasteiger partial charge in [0.25, 0.3) is 0 Å². The Morgan fingerprint density at radius 2 is 1.96 bits per heavy atom. The molecule has 0 amide bonds. The van der Waals surface area contributed by atoms with Gasteiger partial charge in [-0.2, -0.15) is 0 Å². The van der Waals surface area contributed by atoms with Gasteiger partial charge in [0.2, 0.25) is 0 Å². The predicted molar refractivity (Wildman–Crippen MR) is 93.8 cm³/mol. The molecular weight excluding hydrogens is 318 g/mol. The number of rotatable bonds is 6. The first-order valence-electron chi connectivity index (χ1n) is 8.64. The number of carbonyl (C=O) groups is 2. The molecule has 1 aromatic carbocycles. The van der Waals surface area contributed by atoms with Gasteiger partial charge >= 0.3 is 5.97 Å². The average molecular weight is 341 g/mol. The monoisotopic (exact) mass is 341 g/mol. The second-order valence-electron chi connectivity index (χ2n) is 6.36. The van der Waals surface area contributed by atoms with Crippen molar-refractivity contribution in [2.24, 2.45) is 5.41 Å². The number of nitrogens with one attached hydrogen (secondary N) is 1. The molecule has 1 aliphatic heterocycles. The first kappa shape index (κ1) is 17.6. The highest BCUT2D eigenvalue weighted by molar-refractivity contribution is 5.97. The van der Waals surface area contributed by atoms with E-state index in [2.05, 4.69) is 5.32 Å². The smallest absolute Gasteiger partial charge is 0.326 e. The standard InChI is InChI=1S/C20H23NO4/c22-15-20(19(23)24-14-16-6-2-1-3-7-16)11-5-4-8-18(20)25-17-9-12-21-13-10-17/h1-8,11,15,17-18,21H,9-10,12-14H2. The number of carbonyl (C=O) groups excluding carboxylic acids is 2. The van der Waals surface area contributed by atoms with Crippen LogP contribution in [0.2, 0.25) is 0 Å². The largest absolute Gasteiger partial charge is 0.460 e. The topological polar surface area (TPSA) is 64.6 Å². The molecule has 1 aliphatic carbocycles. The summed E-state index contributed by atoms with van der Waals surface area (Å²) >= 11 is 0. The van der Waals surface area contributed by atoms with Crippen molar-refractivity contribution in [1.29, 1.82) is 0 Å². The molecule has 1 N–H and O–H groups in total. The maximum absolute atomic E-state index is 12.7. The fraction of sp³-hybridized carbons (Fsp3) is 0.400. The van der Waals surface area contributed by atoms with Gasteiger partial charge in [-0.3, -0.25) is 4.79 Å². The molecule has 3 rings (SSSR count). The van der Waals surface area contributed by atoms with E-state index in [9.17, 15) is 9.59 Å². The second kappa shape index (κ2) is 8.23. The Bertz CT molecular complexity index is 649. The third kappa shape index (κ3) is 4.06. The van der Waals surface area contributed by atoms with Gasteiger partial charge in [0.05, 0.1) is 6.10 Å². The second-order valence-corrected chi connectivity index (χ2v) is 6.36. The molecule has 5 nitrogen and oxygen atoms in total. The van der Waals surface area contributed by atoms with Crippen LogP contribution >= 0.6 is 0 Å². The first-order valence-corrected chi connectivity index (χ1v) is 8.64. The van der Waals surface area contributed by atoms with Crippen molar-refractivity contribution >= 4 is 12.3 Å². The molecule has 0 aromatic heterocycles. The molecule has 0 saturated carbocycles. The third-order valence-corrected chi connectivity index (χ3v) is 4.63. The van der Waals surface area contributed by atoms with E-state index in [-0.39, 0.29) is 12.7 Å². The lowest BCUT2D eigenvalue weighted by Gasteiger charge is -2.35. The highest BCUT2D eigenvalue weighted by Gasteiger charge is 2.47. The van der Waals surface area contributed by atoms with E-state index in [0.717, 1.165) is 31.5 Å². The van der Waals surface area contributed by atoms with Gasteiger partial charge < -0.3 is 19.6 Å². The predicted octanol–water partition coefficient (Wildman–Crippen LogP) is 2.18. The van der Waals surface area contributed by atoms with Gasteiger partial charge in [0, 0.05) is 0 Å². The minimum absolute atomic E-state index is 0.0312. The summed E-state index contributed by atoms with van der Waals surface area (Å²) in [5.41, 5.74) is -0.544. The number of piperidine rings is 1. The Morgan fingerprint density at radius 3 is 2.68 bits per heavy atom. The number of esters is 1. The van der Waals surface area contributed by atoms with Crippen molar-refractivity contribution in [1.82, 2.24) is 5.32 Å². The van der Waals surface area contributed by atoms with Crippen molar-refractivity contribution in [2.75, 3.05) is 13.1 Å². The molecule has 0 bridgehead atoms. The maximum Gasteiger partial charge on any atom is 0.326 e. The lowest BCUT2D eigenvalue weighted by Crippen LogP contribution is -2.47. The van der Waals surface area contributed by atoms with Gasteiger partial charge in [0.15, 0.2) is 5.41 Å². The van der Waals surface area contributed by atoms with Crippen molar-refractivity contribution < 1.29 is 19.1 Å². The van der Waals surface area contributed by atoms with E-state index in [1.807, 2.05) is 30.3 Å². The van der Waals surface area contributed by atoms with E-state index >= 15 is 0 Å². The number of hydrogen-bond donors (Lipinski definition) is 1. The number of ether oxygens (including phenoxy) is 2. The van der Waals surface area contributed by atoms with E-state index in [1.54, 1.807) is 24.3 Å². The number of benzene rings is 1. The van der Waals surface area contributed by atoms with E-state index in [0.29, 0.717) is 6.29 Å². The minimum atomic E-state index is -1.42. The van der Waals surface area contributed by atoms with Crippen molar-refractivity contribution in [3.63, 3.8) is 0 Å². The molecule has 1 saturated heterocycles. The Balaban J connectivity index is 1.70. The lowest BCUT2D eigenvalue weighted by atomic mass is 9.80. The molecule has 132 valence electrons. The van der Waals surface area contributed by atoms with E-state index < -0.39 is 17.5 Å². The summed E-state index contributed by atoms with van der Waals surface area (Å²) in [5, 5.41) is 3.27. The zero-order valence-corrected chi connectivity index (χ0v) is 14.1. The van der Waals surface area contributed by atoms with Crippen LogP contribution in [0, 0.1) is 5.41 Å². The molecule has 1 fully saturated rings. The van der Waals surface area contributed by atoms with Crippen LogP contribution < -0.4 is 5.32 Å². The number of allylic oxidation sites excluding steroid dienone is 2.